The van der Waals surface area contributed by atoms with Crippen LogP contribution in [0.1, 0.15) is 28.9 Å². The van der Waals surface area contributed by atoms with E-state index >= 15 is 0 Å². The van der Waals surface area contributed by atoms with Gasteiger partial charge in [0.15, 0.2) is 0 Å². The van der Waals surface area contributed by atoms with Gasteiger partial charge in [-0.25, -0.2) is 4.39 Å². The molecule has 3 rings (SSSR count). The molecular formula is C20H26FN3O2. The van der Waals surface area contributed by atoms with Crippen molar-refractivity contribution in [1.82, 2.24) is 14.8 Å². The van der Waals surface area contributed by atoms with Gasteiger partial charge in [-0.2, -0.15) is 0 Å². The van der Waals surface area contributed by atoms with Gasteiger partial charge in [-0.05, 0) is 49.2 Å². The summed E-state index contributed by atoms with van der Waals surface area (Å²) in [5.74, 6) is -0.507. The van der Waals surface area contributed by atoms with E-state index in [4.69, 9.17) is 4.74 Å². The molecule has 1 N–H and O–H groups in total. The molecule has 1 aliphatic heterocycles. The van der Waals surface area contributed by atoms with Gasteiger partial charge in [0, 0.05) is 57.9 Å². The van der Waals surface area contributed by atoms with Gasteiger partial charge in [-0.3, -0.25) is 9.69 Å². The van der Waals surface area contributed by atoms with Gasteiger partial charge in [0.05, 0.1) is 5.54 Å². The number of likely N-dealkylation sites (tertiary alicyclic amines) is 1. The first-order valence-electron chi connectivity index (χ1n) is 8.91. The molecule has 2 aromatic rings. The lowest BCUT2D eigenvalue weighted by Crippen LogP contribution is -2.51. The molecule has 0 saturated carbocycles. The summed E-state index contributed by atoms with van der Waals surface area (Å²) in [7, 11) is 3.71. The second-order valence-electron chi connectivity index (χ2n) is 7.06. The third-order valence-corrected chi connectivity index (χ3v) is 5.14. The van der Waals surface area contributed by atoms with Gasteiger partial charge in [0.1, 0.15) is 5.82 Å². The Labute approximate surface area is 153 Å². The summed E-state index contributed by atoms with van der Waals surface area (Å²) in [6.07, 6.45) is 3.66. The topological polar surface area (TPSA) is 46.5 Å². The monoisotopic (exact) mass is 359 g/mol. The molecular weight excluding hydrogens is 333 g/mol. The fourth-order valence-electron chi connectivity index (χ4n) is 3.56. The number of nitrogens with one attached hydrogen (secondary N) is 1. The van der Waals surface area contributed by atoms with Crippen molar-refractivity contribution in [3.05, 3.63) is 59.7 Å². The average Bonchev–Trinajstić information content (AvgIpc) is 3.21. The summed E-state index contributed by atoms with van der Waals surface area (Å²) < 4.78 is 20.5. The van der Waals surface area contributed by atoms with Gasteiger partial charge in [0.2, 0.25) is 0 Å². The maximum absolute atomic E-state index is 13.1. The number of nitrogens with zero attached hydrogens (tertiary/aromatic N) is 2. The summed E-state index contributed by atoms with van der Waals surface area (Å²) >= 11 is 0. The molecule has 1 unspecified atom stereocenters. The summed E-state index contributed by atoms with van der Waals surface area (Å²) in [4.78, 5) is 15.0. The number of amides is 1. The molecule has 0 bridgehead atoms. The number of carbonyl (C=O) groups is 1. The quantitative estimate of drug-likeness (QED) is 0.827. The number of aromatic nitrogens is 1. The predicted molar refractivity (Wildman–Crippen MR) is 98.4 cm³/mol. The highest BCUT2D eigenvalue weighted by Crippen LogP contribution is 2.27. The van der Waals surface area contributed by atoms with E-state index in [0.717, 1.165) is 32.5 Å². The molecule has 1 amide bonds. The molecule has 140 valence electrons. The smallest absolute Gasteiger partial charge is 0.251 e. The van der Waals surface area contributed by atoms with Crippen molar-refractivity contribution in [2.24, 2.45) is 7.05 Å². The van der Waals surface area contributed by atoms with Crippen LogP contribution in [0.5, 0.6) is 0 Å². The molecule has 0 radical (unpaired) electrons. The number of hydrogen-bond donors (Lipinski definition) is 1. The van der Waals surface area contributed by atoms with Gasteiger partial charge in [-0.15, -0.1) is 0 Å². The second-order valence-corrected chi connectivity index (χ2v) is 7.06. The Kier molecular flexibility index (Phi) is 5.74. The van der Waals surface area contributed by atoms with Crippen LogP contribution in [-0.4, -0.2) is 47.7 Å². The minimum atomic E-state index is -0.342. The zero-order valence-electron chi connectivity index (χ0n) is 15.4. The normalized spacial score (nSPS) is 20.4. The molecule has 0 spiro atoms. The van der Waals surface area contributed by atoms with Crippen molar-refractivity contribution in [2.45, 2.75) is 24.9 Å². The molecule has 1 aliphatic rings. The van der Waals surface area contributed by atoms with Crippen LogP contribution < -0.4 is 5.32 Å². The molecule has 1 aromatic heterocycles. The summed E-state index contributed by atoms with van der Waals surface area (Å²) in [5.41, 5.74) is 1.40. The van der Waals surface area contributed by atoms with E-state index in [2.05, 4.69) is 20.9 Å². The SMILES string of the molecule is COCCC1(NC(=O)c2ccc(F)cc2)CCN(Cc2cccn2C)C1. The first-order valence-corrected chi connectivity index (χ1v) is 8.91. The van der Waals surface area contributed by atoms with E-state index in [0.29, 0.717) is 12.2 Å². The number of rotatable bonds is 7. The van der Waals surface area contributed by atoms with Crippen LogP contribution in [0.3, 0.4) is 0 Å². The van der Waals surface area contributed by atoms with Gasteiger partial charge < -0.3 is 14.6 Å². The first-order chi connectivity index (χ1) is 12.5. The highest BCUT2D eigenvalue weighted by Gasteiger charge is 2.39. The van der Waals surface area contributed by atoms with Crippen molar-refractivity contribution in [2.75, 3.05) is 26.8 Å². The summed E-state index contributed by atoms with van der Waals surface area (Å²) in [6, 6.07) is 9.82. The molecule has 0 aliphatic carbocycles. The Morgan fingerprint density at radius 3 is 2.73 bits per heavy atom. The van der Waals surface area contributed by atoms with Crippen LogP contribution in [0.2, 0.25) is 0 Å². The van der Waals surface area contributed by atoms with E-state index in [9.17, 15) is 9.18 Å². The first kappa shape index (κ1) is 18.6. The van der Waals surface area contributed by atoms with Crippen LogP contribution in [0, 0.1) is 5.82 Å². The van der Waals surface area contributed by atoms with E-state index in [1.807, 2.05) is 19.3 Å². The highest BCUT2D eigenvalue weighted by molar-refractivity contribution is 5.94. The molecule has 1 fully saturated rings. The summed E-state index contributed by atoms with van der Waals surface area (Å²) in [6.45, 7) is 3.12. The Bertz CT molecular complexity index is 744. The minimum Gasteiger partial charge on any atom is -0.385 e. The fraction of sp³-hybridized carbons (Fsp3) is 0.450. The Hall–Kier alpha value is -2.18. The Balaban J connectivity index is 1.69. The molecule has 1 aromatic carbocycles. The lowest BCUT2D eigenvalue weighted by atomic mass is 9.94. The number of halogens is 1. The van der Waals surface area contributed by atoms with Gasteiger partial charge >= 0.3 is 0 Å². The molecule has 6 heteroatoms. The van der Waals surface area contributed by atoms with Gasteiger partial charge in [-0.1, -0.05) is 0 Å². The van der Waals surface area contributed by atoms with Crippen molar-refractivity contribution in [3.63, 3.8) is 0 Å². The fourth-order valence-corrected chi connectivity index (χ4v) is 3.56. The van der Waals surface area contributed by atoms with E-state index in [1.165, 1.54) is 30.0 Å². The van der Waals surface area contributed by atoms with Crippen molar-refractivity contribution >= 4 is 5.91 Å². The number of benzene rings is 1. The van der Waals surface area contributed by atoms with Crippen molar-refractivity contribution < 1.29 is 13.9 Å². The second kappa shape index (κ2) is 8.01. The van der Waals surface area contributed by atoms with Crippen molar-refractivity contribution in [3.8, 4) is 0 Å². The molecule has 5 nitrogen and oxygen atoms in total. The third kappa shape index (κ3) is 4.31. The van der Waals surface area contributed by atoms with Crippen LogP contribution in [0.25, 0.3) is 0 Å². The predicted octanol–water partition coefficient (Wildman–Crippen LogP) is 2.58. The Morgan fingerprint density at radius 2 is 2.08 bits per heavy atom. The zero-order chi connectivity index (χ0) is 18.6. The number of aryl methyl sites for hydroxylation is 1. The zero-order valence-corrected chi connectivity index (χ0v) is 15.4. The number of methoxy groups -OCH3 is 1. The van der Waals surface area contributed by atoms with Crippen molar-refractivity contribution in [1.29, 1.82) is 0 Å². The number of ether oxygens (including phenoxy) is 1. The maximum Gasteiger partial charge on any atom is 0.251 e. The lowest BCUT2D eigenvalue weighted by molar-refractivity contribution is 0.0864. The van der Waals surface area contributed by atoms with E-state index in [1.54, 1.807) is 7.11 Å². The highest BCUT2D eigenvalue weighted by atomic mass is 19.1. The third-order valence-electron chi connectivity index (χ3n) is 5.14. The minimum absolute atomic E-state index is 0.165. The molecule has 2 heterocycles. The van der Waals surface area contributed by atoms with E-state index in [-0.39, 0.29) is 17.3 Å². The molecule has 1 atom stereocenters. The lowest BCUT2D eigenvalue weighted by Gasteiger charge is -2.31. The van der Waals surface area contributed by atoms with Crippen LogP contribution >= 0.6 is 0 Å². The largest absolute Gasteiger partial charge is 0.385 e. The summed E-state index contributed by atoms with van der Waals surface area (Å²) in [5, 5.41) is 3.20. The van der Waals surface area contributed by atoms with Crippen LogP contribution in [0.15, 0.2) is 42.6 Å². The molecule has 1 saturated heterocycles. The maximum atomic E-state index is 13.1. The van der Waals surface area contributed by atoms with Crippen LogP contribution in [-0.2, 0) is 18.3 Å². The average molecular weight is 359 g/mol. The standard InChI is InChI=1S/C20H26FN3O2/c1-23-11-3-4-18(23)14-24-12-9-20(15-24,10-13-26-2)22-19(25)16-5-7-17(21)8-6-16/h3-8,11H,9-10,12-15H2,1-2H3,(H,22,25). The number of hydrogen-bond acceptors (Lipinski definition) is 3. The van der Waals surface area contributed by atoms with E-state index < -0.39 is 0 Å². The molecule has 26 heavy (non-hydrogen) atoms. The van der Waals surface area contributed by atoms with Gasteiger partial charge in [0.25, 0.3) is 5.91 Å². The number of carbonyl (C=O) groups excluding carboxylic acids is 1. The van der Waals surface area contributed by atoms with Crippen LogP contribution in [0.4, 0.5) is 4.39 Å². The Morgan fingerprint density at radius 1 is 1.31 bits per heavy atom.